The second-order valence-electron chi connectivity index (χ2n) is 4.09. The quantitative estimate of drug-likeness (QED) is 0.831. The summed E-state index contributed by atoms with van der Waals surface area (Å²) in [6.07, 6.45) is 1.71. The van der Waals surface area contributed by atoms with Crippen LogP contribution in [0.4, 0.5) is 4.39 Å². The molecule has 0 radical (unpaired) electrons. The van der Waals surface area contributed by atoms with Crippen LogP contribution in [0.25, 0.3) is 11.5 Å². The lowest BCUT2D eigenvalue weighted by Gasteiger charge is -2.05. The fourth-order valence-electron chi connectivity index (χ4n) is 1.69. The number of oxime groups is 1. The number of hydrogen-bond donors (Lipinski definition) is 0. The van der Waals surface area contributed by atoms with E-state index in [2.05, 4.69) is 15.4 Å². The van der Waals surface area contributed by atoms with Gasteiger partial charge >= 0.3 is 0 Å². The van der Waals surface area contributed by atoms with Crippen LogP contribution in [0.3, 0.4) is 0 Å². The van der Waals surface area contributed by atoms with E-state index in [1.54, 1.807) is 0 Å². The molecular weight excluding hydrogens is 253 g/mol. The topological polar surface area (TPSA) is 69.7 Å². The van der Waals surface area contributed by atoms with Crippen molar-refractivity contribution in [1.29, 1.82) is 0 Å². The second-order valence-corrected chi connectivity index (χ2v) is 4.09. The maximum absolute atomic E-state index is 13.7. The molecule has 7 heteroatoms. The van der Waals surface area contributed by atoms with Crippen molar-refractivity contribution in [3.05, 3.63) is 30.4 Å². The predicted octanol–water partition coefficient (Wildman–Crippen LogP) is 2.38. The molecule has 0 amide bonds. The lowest BCUT2D eigenvalue weighted by Crippen LogP contribution is -2.08. The van der Waals surface area contributed by atoms with Crippen molar-refractivity contribution in [3.8, 4) is 17.2 Å². The molecule has 0 aliphatic carbocycles. The molecule has 1 aromatic heterocycles. The van der Waals surface area contributed by atoms with Gasteiger partial charge in [0.1, 0.15) is 17.7 Å². The van der Waals surface area contributed by atoms with Gasteiger partial charge in [0.25, 0.3) is 5.89 Å². The van der Waals surface area contributed by atoms with Gasteiger partial charge in [-0.3, -0.25) is 0 Å². The molecule has 1 aliphatic rings. The molecule has 6 nitrogen and oxygen atoms in total. The first-order valence-electron chi connectivity index (χ1n) is 5.69. The van der Waals surface area contributed by atoms with Gasteiger partial charge in [-0.05, 0) is 25.1 Å². The summed E-state index contributed by atoms with van der Waals surface area (Å²) in [4.78, 5) is 5.01. The largest absolute Gasteiger partial charge is 0.440 e. The SMILES string of the molecule is CC1CC(Oc2ccc(F)c(-c3nnco3)c2)=NO1. The molecule has 0 N–H and O–H groups in total. The zero-order valence-electron chi connectivity index (χ0n) is 10.0. The molecule has 0 saturated carbocycles. The fraction of sp³-hybridized carbons (Fsp3) is 0.250. The molecule has 2 heterocycles. The van der Waals surface area contributed by atoms with Gasteiger partial charge in [0.2, 0.25) is 12.3 Å². The number of ether oxygens (including phenoxy) is 1. The van der Waals surface area contributed by atoms with Gasteiger partial charge < -0.3 is 14.0 Å². The molecular formula is C12H10FN3O3. The summed E-state index contributed by atoms with van der Waals surface area (Å²) >= 11 is 0. The lowest BCUT2D eigenvalue weighted by molar-refractivity contribution is 0.0992. The first kappa shape index (κ1) is 11.6. The number of hydrogen-bond acceptors (Lipinski definition) is 6. The Morgan fingerprint density at radius 3 is 3.00 bits per heavy atom. The summed E-state index contributed by atoms with van der Waals surface area (Å²) < 4.78 is 24.1. The fourth-order valence-corrected chi connectivity index (χ4v) is 1.69. The molecule has 1 unspecified atom stereocenters. The maximum atomic E-state index is 13.7. The van der Waals surface area contributed by atoms with Crippen LogP contribution in [-0.4, -0.2) is 22.2 Å². The summed E-state index contributed by atoms with van der Waals surface area (Å²) in [5, 5.41) is 11.0. The molecule has 0 bridgehead atoms. The van der Waals surface area contributed by atoms with E-state index in [-0.39, 0.29) is 17.6 Å². The molecule has 3 rings (SSSR count). The van der Waals surface area contributed by atoms with Crippen LogP contribution in [0.5, 0.6) is 5.75 Å². The first-order chi connectivity index (χ1) is 9.22. The molecule has 1 aromatic carbocycles. The maximum Gasteiger partial charge on any atom is 0.250 e. The van der Waals surface area contributed by atoms with Gasteiger partial charge in [-0.15, -0.1) is 10.2 Å². The third-order valence-corrected chi connectivity index (χ3v) is 2.56. The third-order valence-electron chi connectivity index (χ3n) is 2.56. The van der Waals surface area contributed by atoms with Crippen LogP contribution in [0.2, 0.25) is 0 Å². The van der Waals surface area contributed by atoms with E-state index in [0.29, 0.717) is 18.1 Å². The molecule has 0 saturated heterocycles. The summed E-state index contributed by atoms with van der Waals surface area (Å²) in [5.74, 6) is 0.525. The normalized spacial score (nSPS) is 18.0. The van der Waals surface area contributed by atoms with Gasteiger partial charge in [0, 0.05) is 0 Å². The van der Waals surface area contributed by atoms with Gasteiger partial charge in [-0.1, -0.05) is 5.16 Å². The van der Waals surface area contributed by atoms with Crippen molar-refractivity contribution in [2.75, 3.05) is 0 Å². The molecule has 2 aromatic rings. The highest BCUT2D eigenvalue weighted by molar-refractivity contribution is 5.79. The lowest BCUT2D eigenvalue weighted by atomic mass is 10.2. The zero-order chi connectivity index (χ0) is 13.2. The van der Waals surface area contributed by atoms with E-state index in [1.807, 2.05) is 6.92 Å². The van der Waals surface area contributed by atoms with Crippen molar-refractivity contribution in [2.45, 2.75) is 19.4 Å². The van der Waals surface area contributed by atoms with Crippen LogP contribution in [0, 0.1) is 5.82 Å². The van der Waals surface area contributed by atoms with Crippen LogP contribution in [0.15, 0.2) is 34.2 Å². The number of nitrogens with zero attached hydrogens (tertiary/aromatic N) is 3. The Hall–Kier alpha value is -2.44. The Balaban J connectivity index is 1.86. The van der Waals surface area contributed by atoms with E-state index in [0.717, 1.165) is 6.39 Å². The third kappa shape index (κ3) is 2.40. The second kappa shape index (κ2) is 4.68. The highest BCUT2D eigenvalue weighted by Crippen LogP contribution is 2.26. The Morgan fingerprint density at radius 1 is 1.42 bits per heavy atom. The summed E-state index contributed by atoms with van der Waals surface area (Å²) in [5.41, 5.74) is 0.183. The number of rotatable bonds is 2. The van der Waals surface area contributed by atoms with Crippen molar-refractivity contribution < 1.29 is 18.4 Å². The van der Waals surface area contributed by atoms with E-state index in [9.17, 15) is 4.39 Å². The Kier molecular flexibility index (Phi) is 2.86. The molecule has 98 valence electrons. The van der Waals surface area contributed by atoms with Crippen molar-refractivity contribution in [2.24, 2.45) is 5.16 Å². The van der Waals surface area contributed by atoms with Crippen molar-refractivity contribution in [1.82, 2.24) is 10.2 Å². The minimum atomic E-state index is -0.463. The van der Waals surface area contributed by atoms with Crippen LogP contribution in [0.1, 0.15) is 13.3 Å². The van der Waals surface area contributed by atoms with E-state index in [1.165, 1.54) is 18.2 Å². The van der Waals surface area contributed by atoms with Gasteiger partial charge in [-0.25, -0.2) is 4.39 Å². The minimum Gasteiger partial charge on any atom is -0.440 e. The van der Waals surface area contributed by atoms with Crippen LogP contribution >= 0.6 is 0 Å². The Bertz CT molecular complexity index is 613. The van der Waals surface area contributed by atoms with E-state index < -0.39 is 5.82 Å². The molecule has 19 heavy (non-hydrogen) atoms. The van der Waals surface area contributed by atoms with E-state index in [4.69, 9.17) is 14.0 Å². The van der Waals surface area contributed by atoms with Gasteiger partial charge in [0.15, 0.2) is 0 Å². The Labute approximate surface area is 107 Å². The highest BCUT2D eigenvalue weighted by atomic mass is 19.1. The van der Waals surface area contributed by atoms with Crippen LogP contribution < -0.4 is 4.74 Å². The number of benzene rings is 1. The van der Waals surface area contributed by atoms with Crippen molar-refractivity contribution in [3.63, 3.8) is 0 Å². The molecule has 0 fully saturated rings. The predicted molar refractivity (Wildman–Crippen MR) is 62.9 cm³/mol. The molecule has 1 atom stereocenters. The monoisotopic (exact) mass is 263 g/mol. The van der Waals surface area contributed by atoms with Gasteiger partial charge in [0.05, 0.1) is 12.0 Å². The zero-order valence-corrected chi connectivity index (χ0v) is 10.0. The average molecular weight is 263 g/mol. The number of aromatic nitrogens is 2. The first-order valence-corrected chi connectivity index (χ1v) is 5.69. The average Bonchev–Trinajstić information content (AvgIpc) is 3.03. The molecule has 0 spiro atoms. The van der Waals surface area contributed by atoms with Crippen LogP contribution in [-0.2, 0) is 4.84 Å². The number of halogens is 1. The summed E-state index contributed by atoms with van der Waals surface area (Å²) in [7, 11) is 0. The van der Waals surface area contributed by atoms with Gasteiger partial charge in [-0.2, -0.15) is 0 Å². The van der Waals surface area contributed by atoms with E-state index >= 15 is 0 Å². The highest BCUT2D eigenvalue weighted by Gasteiger charge is 2.19. The molecule has 1 aliphatic heterocycles. The summed E-state index contributed by atoms with van der Waals surface area (Å²) in [6, 6.07) is 4.25. The smallest absolute Gasteiger partial charge is 0.250 e. The standard InChI is InChI=1S/C12H10FN3O3/c1-7-4-11(16-19-7)18-8-2-3-10(13)9(5-8)12-15-14-6-17-12/h2-3,5-7H,4H2,1H3. The van der Waals surface area contributed by atoms with Crippen molar-refractivity contribution >= 4 is 5.90 Å². The summed E-state index contributed by atoms with van der Waals surface area (Å²) in [6.45, 7) is 1.88. The Morgan fingerprint density at radius 2 is 2.32 bits per heavy atom. The minimum absolute atomic E-state index is 0.00846.